The average molecular weight is 260 g/mol. The molecule has 2 rings (SSSR count). The van der Waals surface area contributed by atoms with Gasteiger partial charge in [-0.25, -0.2) is 4.98 Å². The van der Waals surface area contributed by atoms with Crippen LogP contribution in [0.25, 0.3) is 10.9 Å². The van der Waals surface area contributed by atoms with Gasteiger partial charge in [0, 0.05) is 16.6 Å². The Morgan fingerprint density at radius 2 is 2.11 bits per heavy atom. The van der Waals surface area contributed by atoms with E-state index in [1.807, 2.05) is 24.3 Å². The topological polar surface area (TPSA) is 48.1 Å². The lowest BCUT2D eigenvalue weighted by Crippen LogP contribution is -2.12. The van der Waals surface area contributed by atoms with E-state index in [1.54, 1.807) is 7.11 Å². The van der Waals surface area contributed by atoms with Gasteiger partial charge in [-0.2, -0.15) is 0 Å². The summed E-state index contributed by atoms with van der Waals surface area (Å²) >= 11 is 5.12. The molecule has 1 heterocycles. The normalized spacial score (nSPS) is 10.9. The Labute approximate surface area is 112 Å². The first-order chi connectivity index (χ1) is 8.54. The summed E-state index contributed by atoms with van der Waals surface area (Å²) in [6, 6.07) is 7.74. The summed E-state index contributed by atoms with van der Waals surface area (Å²) in [5.74, 6) is 1.06. The number of hydrogen-bond acceptors (Lipinski definition) is 3. The van der Waals surface area contributed by atoms with Crippen molar-refractivity contribution in [3.05, 3.63) is 35.5 Å². The maximum atomic E-state index is 5.80. The first-order valence-corrected chi connectivity index (χ1v) is 6.23. The van der Waals surface area contributed by atoms with Crippen molar-refractivity contribution >= 4 is 28.1 Å². The number of hydrogen-bond donors (Lipinski definition) is 1. The van der Waals surface area contributed by atoms with Crippen LogP contribution >= 0.6 is 12.2 Å². The van der Waals surface area contributed by atoms with Gasteiger partial charge in [0.25, 0.3) is 0 Å². The van der Waals surface area contributed by atoms with Crippen LogP contribution in [0.4, 0.5) is 0 Å². The molecule has 0 unspecified atom stereocenters. The number of fused-ring (bicyclic) bond motifs is 1. The van der Waals surface area contributed by atoms with Gasteiger partial charge in [-0.05, 0) is 18.1 Å². The zero-order chi connectivity index (χ0) is 13.3. The van der Waals surface area contributed by atoms with Gasteiger partial charge >= 0.3 is 0 Å². The molecule has 18 heavy (non-hydrogen) atoms. The predicted molar refractivity (Wildman–Crippen MR) is 78.3 cm³/mol. The Kier molecular flexibility index (Phi) is 3.48. The van der Waals surface area contributed by atoms with Crippen molar-refractivity contribution in [2.45, 2.75) is 19.8 Å². The highest BCUT2D eigenvalue weighted by Crippen LogP contribution is 2.28. The van der Waals surface area contributed by atoms with E-state index in [0.29, 0.717) is 10.9 Å². The molecule has 1 aromatic carbocycles. The summed E-state index contributed by atoms with van der Waals surface area (Å²) in [6.07, 6.45) is 0. The van der Waals surface area contributed by atoms with E-state index in [4.69, 9.17) is 22.7 Å². The van der Waals surface area contributed by atoms with Crippen molar-refractivity contribution in [1.29, 1.82) is 0 Å². The molecule has 0 aliphatic carbocycles. The summed E-state index contributed by atoms with van der Waals surface area (Å²) < 4.78 is 5.35. The average Bonchev–Trinajstić information content (AvgIpc) is 2.36. The number of thiocarbonyl (C=S) groups is 1. The highest BCUT2D eigenvalue weighted by atomic mass is 32.1. The van der Waals surface area contributed by atoms with E-state index < -0.39 is 0 Å². The third kappa shape index (κ3) is 2.16. The van der Waals surface area contributed by atoms with Crippen LogP contribution in [-0.4, -0.2) is 17.1 Å². The lowest BCUT2D eigenvalue weighted by atomic mass is 10.0. The number of ether oxygens (including phenoxy) is 1. The van der Waals surface area contributed by atoms with Gasteiger partial charge in [0.15, 0.2) is 0 Å². The van der Waals surface area contributed by atoms with Crippen LogP contribution in [0.1, 0.15) is 31.0 Å². The Hall–Kier alpha value is -1.68. The maximum Gasteiger partial charge on any atom is 0.145 e. The third-order valence-electron chi connectivity index (χ3n) is 2.90. The van der Waals surface area contributed by atoms with Crippen LogP contribution in [0.15, 0.2) is 24.3 Å². The van der Waals surface area contributed by atoms with E-state index in [1.165, 1.54) is 0 Å². The Balaban J connectivity index is 2.85. The first kappa shape index (κ1) is 12.8. The molecule has 0 amide bonds. The third-order valence-corrected chi connectivity index (χ3v) is 3.12. The molecule has 3 nitrogen and oxygen atoms in total. The van der Waals surface area contributed by atoms with Gasteiger partial charge in [0.1, 0.15) is 16.3 Å². The van der Waals surface area contributed by atoms with Gasteiger partial charge in [-0.3, -0.25) is 0 Å². The number of nitrogens with zero attached hydrogens (tertiary/aromatic N) is 1. The molecule has 0 aliphatic rings. The molecule has 4 heteroatoms. The molecular formula is C14H16N2OS. The molecule has 0 aliphatic heterocycles. The molecule has 0 radical (unpaired) electrons. The maximum absolute atomic E-state index is 5.80. The Bertz CT molecular complexity index is 608. The molecule has 0 bridgehead atoms. The van der Waals surface area contributed by atoms with E-state index >= 15 is 0 Å². The van der Waals surface area contributed by atoms with Crippen molar-refractivity contribution in [2.75, 3.05) is 7.11 Å². The SMILES string of the molecule is COc1cccc2c(C(N)=S)cc(C(C)C)nc12. The van der Waals surface area contributed by atoms with Crippen LogP contribution in [0.5, 0.6) is 5.75 Å². The summed E-state index contributed by atoms with van der Waals surface area (Å²) in [6.45, 7) is 4.18. The van der Waals surface area contributed by atoms with Crippen molar-refractivity contribution in [2.24, 2.45) is 5.73 Å². The van der Waals surface area contributed by atoms with E-state index in [-0.39, 0.29) is 0 Å². The second-order valence-electron chi connectivity index (χ2n) is 4.47. The second kappa shape index (κ2) is 4.90. The van der Waals surface area contributed by atoms with Crippen molar-refractivity contribution in [3.8, 4) is 5.75 Å². The smallest absolute Gasteiger partial charge is 0.145 e. The fourth-order valence-corrected chi connectivity index (χ4v) is 2.08. The summed E-state index contributed by atoms with van der Waals surface area (Å²) in [4.78, 5) is 5.04. The second-order valence-corrected chi connectivity index (χ2v) is 4.91. The van der Waals surface area contributed by atoms with Crippen LogP contribution in [0, 0.1) is 0 Å². The van der Waals surface area contributed by atoms with E-state index in [9.17, 15) is 0 Å². The number of aromatic nitrogens is 1. The summed E-state index contributed by atoms with van der Waals surface area (Å²) in [5, 5.41) is 0.936. The van der Waals surface area contributed by atoms with Crippen LogP contribution in [0.3, 0.4) is 0 Å². The molecule has 2 aromatic rings. The lowest BCUT2D eigenvalue weighted by Gasteiger charge is -2.12. The van der Waals surface area contributed by atoms with Gasteiger partial charge < -0.3 is 10.5 Å². The summed E-state index contributed by atoms with van der Waals surface area (Å²) in [7, 11) is 1.64. The molecule has 0 spiro atoms. The molecule has 94 valence electrons. The van der Waals surface area contributed by atoms with Gasteiger partial charge in [0.05, 0.1) is 7.11 Å². The monoisotopic (exact) mass is 260 g/mol. The van der Waals surface area contributed by atoms with Crippen LogP contribution in [0.2, 0.25) is 0 Å². The number of methoxy groups -OCH3 is 1. The zero-order valence-corrected chi connectivity index (χ0v) is 11.5. The van der Waals surface area contributed by atoms with Gasteiger partial charge in [-0.15, -0.1) is 0 Å². The van der Waals surface area contributed by atoms with Gasteiger partial charge in [0.2, 0.25) is 0 Å². The fourth-order valence-electron chi connectivity index (χ4n) is 1.91. The predicted octanol–water partition coefficient (Wildman–Crippen LogP) is 3.00. The molecule has 0 saturated carbocycles. The largest absolute Gasteiger partial charge is 0.494 e. The number of para-hydroxylation sites is 1. The number of nitrogens with two attached hydrogens (primary N) is 1. The van der Waals surface area contributed by atoms with Crippen LogP contribution < -0.4 is 10.5 Å². The highest BCUT2D eigenvalue weighted by molar-refractivity contribution is 7.80. The number of pyridine rings is 1. The van der Waals surface area contributed by atoms with Crippen LogP contribution in [-0.2, 0) is 0 Å². The molecular weight excluding hydrogens is 244 g/mol. The molecule has 2 N–H and O–H groups in total. The molecule has 1 aromatic heterocycles. The molecule has 0 saturated heterocycles. The van der Waals surface area contributed by atoms with Crippen molar-refractivity contribution < 1.29 is 4.74 Å². The summed E-state index contributed by atoms with van der Waals surface area (Å²) in [5.41, 5.74) is 8.44. The van der Waals surface area contributed by atoms with E-state index in [2.05, 4.69) is 18.8 Å². The van der Waals surface area contributed by atoms with E-state index in [0.717, 1.165) is 27.9 Å². The minimum Gasteiger partial charge on any atom is -0.494 e. The quantitative estimate of drug-likeness (QED) is 0.862. The minimum atomic E-state index is 0.312. The fraction of sp³-hybridized carbons (Fsp3) is 0.286. The van der Waals surface area contributed by atoms with Crippen molar-refractivity contribution in [3.63, 3.8) is 0 Å². The lowest BCUT2D eigenvalue weighted by molar-refractivity contribution is 0.418. The number of benzene rings is 1. The Morgan fingerprint density at radius 3 is 2.67 bits per heavy atom. The zero-order valence-electron chi connectivity index (χ0n) is 10.7. The molecule has 0 atom stereocenters. The molecule has 0 fully saturated rings. The minimum absolute atomic E-state index is 0.312. The number of rotatable bonds is 3. The first-order valence-electron chi connectivity index (χ1n) is 5.82. The Morgan fingerprint density at radius 1 is 1.39 bits per heavy atom. The van der Waals surface area contributed by atoms with Gasteiger partial charge in [-0.1, -0.05) is 38.2 Å². The standard InChI is InChI=1S/C14H16N2OS/c1-8(2)11-7-10(14(15)18)9-5-4-6-12(17-3)13(9)16-11/h4-8H,1-3H3,(H2,15,18). The van der Waals surface area contributed by atoms with Crippen molar-refractivity contribution in [1.82, 2.24) is 4.98 Å². The highest BCUT2D eigenvalue weighted by Gasteiger charge is 2.13.